The van der Waals surface area contributed by atoms with Crippen molar-refractivity contribution < 1.29 is 18.3 Å². The zero-order valence-corrected chi connectivity index (χ0v) is 13.8. The summed E-state index contributed by atoms with van der Waals surface area (Å²) < 4.78 is 31.4. The minimum absolute atomic E-state index is 0.153. The van der Waals surface area contributed by atoms with E-state index in [-0.39, 0.29) is 11.3 Å². The lowest BCUT2D eigenvalue weighted by atomic mass is 10.2. The number of aromatic nitrogens is 1. The fraction of sp³-hybridized carbons (Fsp3) is 0.0526. The highest BCUT2D eigenvalue weighted by Gasteiger charge is 2.10. The average molecular weight is 355 g/mol. The Balaban J connectivity index is 1.75. The monoisotopic (exact) mass is 355 g/mol. The van der Waals surface area contributed by atoms with Gasteiger partial charge in [0.1, 0.15) is 5.75 Å². The number of carbonyl (C=O) groups excluding carboxylic acids is 1. The predicted molar refractivity (Wildman–Crippen MR) is 94.8 cm³/mol. The number of methoxy groups -OCH3 is 1. The van der Waals surface area contributed by atoms with Crippen molar-refractivity contribution in [3.05, 3.63) is 78.1 Å². The van der Waals surface area contributed by atoms with Crippen LogP contribution in [0.1, 0.15) is 10.4 Å². The number of ether oxygens (including phenoxy) is 1. The quantitative estimate of drug-likeness (QED) is 0.714. The maximum absolute atomic E-state index is 13.2. The Bertz CT molecular complexity index is 948. The molecule has 0 aliphatic carbocycles. The zero-order chi connectivity index (χ0) is 18.5. The van der Waals surface area contributed by atoms with E-state index in [0.29, 0.717) is 11.4 Å². The molecule has 2 aromatic carbocycles. The number of amides is 1. The summed E-state index contributed by atoms with van der Waals surface area (Å²) in [5.74, 6) is -1.81. The van der Waals surface area contributed by atoms with Crippen molar-refractivity contribution >= 4 is 23.0 Å². The van der Waals surface area contributed by atoms with Gasteiger partial charge in [-0.1, -0.05) is 6.07 Å². The molecule has 0 aliphatic heterocycles. The number of pyridine rings is 1. The van der Waals surface area contributed by atoms with Gasteiger partial charge in [0.15, 0.2) is 11.6 Å². The molecule has 2 N–H and O–H groups in total. The number of halogens is 2. The largest absolute Gasteiger partial charge is 0.497 e. The van der Waals surface area contributed by atoms with Gasteiger partial charge in [-0.15, -0.1) is 0 Å². The molecule has 0 saturated heterocycles. The van der Waals surface area contributed by atoms with E-state index in [2.05, 4.69) is 15.6 Å². The lowest BCUT2D eigenvalue weighted by molar-refractivity contribution is 0.102. The van der Waals surface area contributed by atoms with Gasteiger partial charge in [0.2, 0.25) is 0 Å². The summed E-state index contributed by atoms with van der Waals surface area (Å²) in [6.07, 6.45) is 2.94. The number of anilines is 3. The van der Waals surface area contributed by atoms with Gasteiger partial charge in [0.05, 0.1) is 24.6 Å². The third-order valence-corrected chi connectivity index (χ3v) is 3.54. The molecule has 3 aromatic rings. The molecule has 3 rings (SSSR count). The van der Waals surface area contributed by atoms with Crippen molar-refractivity contribution in [3.8, 4) is 5.75 Å². The highest BCUT2D eigenvalue weighted by Crippen LogP contribution is 2.22. The maximum Gasteiger partial charge on any atom is 0.257 e. The standard InChI is InChI=1S/C19H15F2N3O2/c1-26-16-4-2-3-13(8-16)23-15-7-12(10-22-11-15)19(25)24-14-5-6-17(20)18(21)9-14/h2-11,23H,1H3,(H,24,25). The molecule has 0 fully saturated rings. The summed E-state index contributed by atoms with van der Waals surface area (Å²) in [6, 6.07) is 12.0. The summed E-state index contributed by atoms with van der Waals surface area (Å²) >= 11 is 0. The molecule has 1 aromatic heterocycles. The molecule has 0 unspecified atom stereocenters. The van der Waals surface area contributed by atoms with Gasteiger partial charge in [0, 0.05) is 29.7 Å². The number of benzene rings is 2. The van der Waals surface area contributed by atoms with Crippen LogP contribution >= 0.6 is 0 Å². The molecule has 1 amide bonds. The van der Waals surface area contributed by atoms with Crippen LogP contribution in [0.4, 0.5) is 25.8 Å². The van der Waals surface area contributed by atoms with Crippen molar-refractivity contribution in [1.29, 1.82) is 0 Å². The molecule has 0 bridgehead atoms. The molecular formula is C19H15F2N3O2. The minimum Gasteiger partial charge on any atom is -0.497 e. The van der Waals surface area contributed by atoms with Crippen LogP contribution in [0, 0.1) is 11.6 Å². The summed E-state index contributed by atoms with van der Waals surface area (Å²) in [7, 11) is 1.57. The van der Waals surface area contributed by atoms with Crippen LogP contribution in [-0.2, 0) is 0 Å². The fourth-order valence-corrected chi connectivity index (χ4v) is 2.28. The Morgan fingerprint density at radius 2 is 1.81 bits per heavy atom. The fourth-order valence-electron chi connectivity index (χ4n) is 2.28. The van der Waals surface area contributed by atoms with E-state index >= 15 is 0 Å². The second-order valence-electron chi connectivity index (χ2n) is 5.40. The first-order chi connectivity index (χ1) is 12.5. The van der Waals surface area contributed by atoms with E-state index in [1.165, 1.54) is 12.3 Å². The third kappa shape index (κ3) is 4.13. The van der Waals surface area contributed by atoms with Gasteiger partial charge in [-0.05, 0) is 30.3 Å². The Morgan fingerprint density at radius 1 is 0.962 bits per heavy atom. The summed E-state index contributed by atoms with van der Waals surface area (Å²) in [5.41, 5.74) is 1.78. The van der Waals surface area contributed by atoms with E-state index in [0.717, 1.165) is 17.8 Å². The second kappa shape index (κ2) is 7.60. The zero-order valence-electron chi connectivity index (χ0n) is 13.8. The lowest BCUT2D eigenvalue weighted by Gasteiger charge is -2.10. The van der Waals surface area contributed by atoms with Crippen LogP contribution in [0.15, 0.2) is 60.9 Å². The highest BCUT2D eigenvalue weighted by molar-refractivity contribution is 6.04. The van der Waals surface area contributed by atoms with Crippen molar-refractivity contribution in [3.63, 3.8) is 0 Å². The van der Waals surface area contributed by atoms with Crippen LogP contribution < -0.4 is 15.4 Å². The Hall–Kier alpha value is -3.48. The molecule has 0 spiro atoms. The number of rotatable bonds is 5. The molecule has 5 nitrogen and oxygen atoms in total. The number of hydrogen-bond acceptors (Lipinski definition) is 4. The van der Waals surface area contributed by atoms with Crippen molar-refractivity contribution in [1.82, 2.24) is 4.98 Å². The summed E-state index contributed by atoms with van der Waals surface area (Å²) in [4.78, 5) is 16.3. The van der Waals surface area contributed by atoms with Crippen LogP contribution in [0.2, 0.25) is 0 Å². The number of nitrogens with zero attached hydrogens (tertiary/aromatic N) is 1. The molecule has 0 radical (unpaired) electrons. The topological polar surface area (TPSA) is 63.2 Å². The first kappa shape index (κ1) is 17.3. The first-order valence-electron chi connectivity index (χ1n) is 7.67. The molecular weight excluding hydrogens is 340 g/mol. The van der Waals surface area contributed by atoms with Gasteiger partial charge < -0.3 is 15.4 Å². The van der Waals surface area contributed by atoms with Crippen molar-refractivity contribution in [2.24, 2.45) is 0 Å². The molecule has 0 aliphatic rings. The molecule has 0 saturated carbocycles. The lowest BCUT2D eigenvalue weighted by Crippen LogP contribution is -2.12. The predicted octanol–water partition coefficient (Wildman–Crippen LogP) is 4.36. The first-order valence-corrected chi connectivity index (χ1v) is 7.67. The summed E-state index contributed by atoms with van der Waals surface area (Å²) in [6.45, 7) is 0. The van der Waals surface area contributed by atoms with Crippen molar-refractivity contribution in [2.45, 2.75) is 0 Å². The normalized spacial score (nSPS) is 10.3. The smallest absolute Gasteiger partial charge is 0.257 e. The van der Waals surface area contributed by atoms with Gasteiger partial charge in [0.25, 0.3) is 5.91 Å². The number of nitrogens with one attached hydrogen (secondary N) is 2. The Kier molecular flexibility index (Phi) is 5.07. The van der Waals surface area contributed by atoms with E-state index < -0.39 is 17.5 Å². The molecule has 0 atom stereocenters. The van der Waals surface area contributed by atoms with E-state index in [1.807, 2.05) is 18.2 Å². The van der Waals surface area contributed by atoms with E-state index in [4.69, 9.17) is 4.74 Å². The van der Waals surface area contributed by atoms with Gasteiger partial charge in [-0.2, -0.15) is 0 Å². The summed E-state index contributed by atoms with van der Waals surface area (Å²) in [5, 5.41) is 5.62. The number of carbonyl (C=O) groups is 1. The maximum atomic E-state index is 13.2. The Labute approximate surface area is 148 Å². The van der Waals surface area contributed by atoms with Gasteiger partial charge in [-0.25, -0.2) is 8.78 Å². The average Bonchev–Trinajstić information content (AvgIpc) is 2.65. The SMILES string of the molecule is COc1cccc(Nc2cncc(C(=O)Nc3ccc(F)c(F)c3)c2)c1. The van der Waals surface area contributed by atoms with Gasteiger partial charge in [-0.3, -0.25) is 9.78 Å². The third-order valence-electron chi connectivity index (χ3n) is 3.54. The second-order valence-corrected chi connectivity index (χ2v) is 5.40. The van der Waals surface area contributed by atoms with E-state index in [9.17, 15) is 13.6 Å². The van der Waals surface area contributed by atoms with Gasteiger partial charge >= 0.3 is 0 Å². The highest BCUT2D eigenvalue weighted by atomic mass is 19.2. The number of hydrogen-bond donors (Lipinski definition) is 2. The van der Waals surface area contributed by atoms with Crippen LogP contribution in [0.25, 0.3) is 0 Å². The minimum atomic E-state index is -1.03. The van der Waals surface area contributed by atoms with Crippen LogP contribution in [0.3, 0.4) is 0 Å². The molecule has 1 heterocycles. The van der Waals surface area contributed by atoms with Crippen LogP contribution in [0.5, 0.6) is 5.75 Å². The molecule has 7 heteroatoms. The molecule has 26 heavy (non-hydrogen) atoms. The van der Waals surface area contributed by atoms with Crippen LogP contribution in [-0.4, -0.2) is 18.0 Å². The van der Waals surface area contributed by atoms with E-state index in [1.54, 1.807) is 25.4 Å². The Morgan fingerprint density at radius 3 is 2.58 bits per heavy atom. The van der Waals surface area contributed by atoms with Crippen molar-refractivity contribution in [2.75, 3.05) is 17.7 Å². The molecule has 132 valence electrons.